The molecule has 0 amide bonds. The third-order valence-electron chi connectivity index (χ3n) is 4.97. The van der Waals surface area contributed by atoms with E-state index in [1.807, 2.05) is 30.3 Å². The van der Waals surface area contributed by atoms with Crippen LogP contribution in [0.2, 0.25) is 0 Å². The van der Waals surface area contributed by atoms with Gasteiger partial charge < -0.3 is 25.1 Å². The lowest BCUT2D eigenvalue weighted by molar-refractivity contribution is 0.276. The molecule has 33 heavy (non-hydrogen) atoms. The summed E-state index contributed by atoms with van der Waals surface area (Å²) in [5, 5.41) is 24.5. The number of aromatic amines is 1. The van der Waals surface area contributed by atoms with Crippen molar-refractivity contribution in [1.82, 2.24) is 30.1 Å². The Bertz CT molecular complexity index is 1440. The van der Waals surface area contributed by atoms with Gasteiger partial charge in [-0.2, -0.15) is 4.98 Å². The van der Waals surface area contributed by atoms with E-state index in [9.17, 15) is 9.90 Å². The molecule has 0 aliphatic heterocycles. The quantitative estimate of drug-likeness (QED) is 0.296. The largest absolute Gasteiger partial charge is 0.423 e. The maximum absolute atomic E-state index is 11.9. The maximum Gasteiger partial charge on any atom is 0.258 e. The van der Waals surface area contributed by atoms with Crippen molar-refractivity contribution in [3.8, 4) is 11.5 Å². The smallest absolute Gasteiger partial charge is 0.258 e. The Labute approximate surface area is 186 Å². The molecule has 2 aromatic carbocycles. The van der Waals surface area contributed by atoms with Gasteiger partial charge in [-0.3, -0.25) is 4.79 Å². The van der Waals surface area contributed by atoms with Gasteiger partial charge in [0.2, 0.25) is 12.3 Å². The summed E-state index contributed by atoms with van der Waals surface area (Å²) in [5.74, 6) is 0.924. The number of benzene rings is 2. The third-order valence-corrected chi connectivity index (χ3v) is 4.97. The molecule has 1 atom stereocenters. The van der Waals surface area contributed by atoms with Gasteiger partial charge in [-0.05, 0) is 23.8 Å². The number of fused-ring (bicyclic) bond motifs is 1. The molecule has 0 unspecified atom stereocenters. The maximum atomic E-state index is 11.9. The Morgan fingerprint density at radius 2 is 2.00 bits per heavy atom. The van der Waals surface area contributed by atoms with Gasteiger partial charge in [0.15, 0.2) is 0 Å². The predicted octanol–water partition coefficient (Wildman–Crippen LogP) is 2.65. The molecule has 3 aromatic heterocycles. The number of aliphatic hydroxyl groups excluding tert-OH is 1. The van der Waals surface area contributed by atoms with Crippen LogP contribution in [0.25, 0.3) is 22.4 Å². The molecular weight excluding hydrogens is 424 g/mol. The predicted molar refractivity (Wildman–Crippen MR) is 121 cm³/mol. The summed E-state index contributed by atoms with van der Waals surface area (Å²) in [4.78, 5) is 27.6. The number of aromatic nitrogens is 6. The Hall–Kier alpha value is -4.64. The van der Waals surface area contributed by atoms with Crippen molar-refractivity contribution in [1.29, 1.82) is 0 Å². The van der Waals surface area contributed by atoms with Gasteiger partial charge in [-0.25, -0.2) is 9.97 Å². The van der Waals surface area contributed by atoms with Crippen molar-refractivity contribution >= 4 is 28.4 Å². The fourth-order valence-electron chi connectivity index (χ4n) is 3.36. The zero-order valence-corrected chi connectivity index (χ0v) is 17.1. The number of nitrogens with one attached hydrogen (secondary N) is 3. The van der Waals surface area contributed by atoms with Crippen molar-refractivity contribution < 1.29 is 9.52 Å². The molecule has 0 bridgehead atoms. The average Bonchev–Trinajstić information content (AvgIpc) is 3.38. The minimum absolute atomic E-state index is 0.162. The second-order valence-corrected chi connectivity index (χ2v) is 7.08. The highest BCUT2D eigenvalue weighted by molar-refractivity contribution is 5.82. The van der Waals surface area contributed by atoms with Crippen LogP contribution in [0.1, 0.15) is 11.6 Å². The van der Waals surface area contributed by atoms with Crippen LogP contribution in [-0.2, 0) is 0 Å². The zero-order valence-electron chi connectivity index (χ0n) is 17.1. The number of hydrogen-bond acceptors (Lipinski definition) is 10. The van der Waals surface area contributed by atoms with Crippen LogP contribution in [0.5, 0.6) is 0 Å². The van der Waals surface area contributed by atoms with E-state index in [1.54, 1.807) is 24.4 Å². The van der Waals surface area contributed by atoms with Gasteiger partial charge in [-0.15, -0.1) is 10.2 Å². The molecule has 11 heteroatoms. The normalized spacial score (nSPS) is 11.9. The molecule has 4 N–H and O–H groups in total. The monoisotopic (exact) mass is 442 g/mol. The average molecular weight is 442 g/mol. The molecule has 3 heterocycles. The van der Waals surface area contributed by atoms with E-state index in [2.05, 4.69) is 40.8 Å². The second kappa shape index (κ2) is 8.85. The molecule has 0 saturated carbocycles. The minimum atomic E-state index is -0.424. The van der Waals surface area contributed by atoms with Gasteiger partial charge >= 0.3 is 0 Å². The lowest BCUT2D eigenvalue weighted by Gasteiger charge is -2.19. The lowest BCUT2D eigenvalue weighted by Crippen LogP contribution is -2.17. The van der Waals surface area contributed by atoms with Crippen molar-refractivity contribution in [2.45, 2.75) is 6.04 Å². The summed E-state index contributed by atoms with van der Waals surface area (Å²) < 4.78 is 5.33. The van der Waals surface area contributed by atoms with Gasteiger partial charge in [0.05, 0.1) is 35.4 Å². The molecule has 0 saturated heterocycles. The molecule has 164 valence electrons. The highest BCUT2D eigenvalue weighted by Crippen LogP contribution is 2.29. The summed E-state index contributed by atoms with van der Waals surface area (Å²) in [6, 6.07) is 14.2. The molecule has 0 aliphatic carbocycles. The molecular formula is C22H18N8O3. The fraction of sp³-hybridized carbons (Fsp3) is 0.0909. The lowest BCUT2D eigenvalue weighted by atomic mass is 10.1. The van der Waals surface area contributed by atoms with Crippen LogP contribution in [0, 0.1) is 0 Å². The Balaban J connectivity index is 1.50. The first-order valence-electron chi connectivity index (χ1n) is 10.0. The summed E-state index contributed by atoms with van der Waals surface area (Å²) in [7, 11) is 0. The van der Waals surface area contributed by atoms with Crippen LogP contribution in [0.3, 0.4) is 0 Å². The number of hydrogen-bond donors (Lipinski definition) is 4. The van der Waals surface area contributed by atoms with E-state index < -0.39 is 6.04 Å². The summed E-state index contributed by atoms with van der Waals surface area (Å²) in [5.41, 5.74) is 2.34. The molecule has 0 aliphatic rings. The molecule has 5 aromatic rings. The van der Waals surface area contributed by atoms with E-state index in [-0.39, 0.29) is 24.0 Å². The van der Waals surface area contributed by atoms with Crippen molar-refractivity contribution in [2.24, 2.45) is 0 Å². The molecule has 11 nitrogen and oxygen atoms in total. The first-order chi connectivity index (χ1) is 16.2. The molecule has 0 spiro atoms. The Morgan fingerprint density at radius 1 is 1.12 bits per heavy atom. The number of H-pyrrole nitrogens is 1. The number of nitrogens with zero attached hydrogens (tertiary/aromatic N) is 5. The fourth-order valence-corrected chi connectivity index (χ4v) is 3.36. The van der Waals surface area contributed by atoms with Crippen molar-refractivity contribution in [3.05, 3.63) is 83.4 Å². The van der Waals surface area contributed by atoms with Crippen molar-refractivity contribution in [3.63, 3.8) is 0 Å². The van der Waals surface area contributed by atoms with E-state index in [4.69, 9.17) is 4.42 Å². The summed E-state index contributed by atoms with van der Waals surface area (Å²) >= 11 is 0. The summed E-state index contributed by atoms with van der Waals surface area (Å²) in [6.45, 7) is -0.162. The van der Waals surface area contributed by atoms with Gasteiger partial charge in [0, 0.05) is 11.9 Å². The SMILES string of the molecule is O=c1[nH]cnc2cc(Nc3ncc(-c4nnco4)c(N[C@H](CO)c4ccccc4)n3)ccc12. The van der Waals surface area contributed by atoms with Crippen LogP contribution in [0.15, 0.2) is 76.7 Å². The van der Waals surface area contributed by atoms with Crippen LogP contribution >= 0.6 is 0 Å². The molecule has 0 radical (unpaired) electrons. The topological polar surface area (TPSA) is 155 Å². The van der Waals surface area contributed by atoms with E-state index >= 15 is 0 Å². The number of aliphatic hydroxyl groups is 1. The Morgan fingerprint density at radius 3 is 2.79 bits per heavy atom. The highest BCUT2D eigenvalue weighted by Gasteiger charge is 2.18. The number of anilines is 3. The first kappa shape index (κ1) is 20.3. The highest BCUT2D eigenvalue weighted by atomic mass is 16.4. The van der Waals surface area contributed by atoms with Crippen molar-refractivity contribution in [2.75, 3.05) is 17.2 Å². The number of rotatable bonds is 7. The van der Waals surface area contributed by atoms with Crippen LogP contribution in [-0.4, -0.2) is 41.8 Å². The van der Waals surface area contributed by atoms with E-state index in [0.717, 1.165) is 5.56 Å². The summed E-state index contributed by atoms with van der Waals surface area (Å²) in [6.07, 6.45) is 4.12. The van der Waals surface area contributed by atoms with Gasteiger partial charge in [0.25, 0.3) is 11.4 Å². The van der Waals surface area contributed by atoms with Gasteiger partial charge in [0.1, 0.15) is 5.82 Å². The minimum Gasteiger partial charge on any atom is -0.423 e. The second-order valence-electron chi connectivity index (χ2n) is 7.08. The molecule has 0 fully saturated rings. The van der Waals surface area contributed by atoms with Crippen LogP contribution < -0.4 is 16.2 Å². The molecule has 5 rings (SSSR count). The third kappa shape index (κ3) is 4.25. The zero-order chi connectivity index (χ0) is 22.6. The Kier molecular flexibility index (Phi) is 5.43. The van der Waals surface area contributed by atoms with Gasteiger partial charge in [-0.1, -0.05) is 30.3 Å². The van der Waals surface area contributed by atoms with E-state index in [0.29, 0.717) is 28.0 Å². The standard InChI is InChI=1S/C22H18N8O3/c31-10-18(13-4-2-1-3-5-13)28-19-16(21-30-26-12-33-21)9-23-22(29-19)27-14-6-7-15-17(8-14)24-11-25-20(15)32/h1-9,11-12,18,31H,10H2,(H,24,25,32)(H2,23,27,28,29)/t18-/m1/s1. The van der Waals surface area contributed by atoms with E-state index in [1.165, 1.54) is 12.7 Å². The first-order valence-corrected chi connectivity index (χ1v) is 10.0. The van der Waals surface area contributed by atoms with Crippen LogP contribution in [0.4, 0.5) is 17.5 Å².